The Kier molecular flexibility index (Phi) is 5.45. The van der Waals surface area contributed by atoms with Crippen molar-refractivity contribution in [2.24, 2.45) is 5.92 Å². The van der Waals surface area contributed by atoms with Crippen LogP contribution in [0.5, 0.6) is 0 Å². The lowest BCUT2D eigenvalue weighted by Crippen LogP contribution is -2.32. The third-order valence-electron chi connectivity index (χ3n) is 2.35. The van der Waals surface area contributed by atoms with Crippen molar-refractivity contribution in [1.82, 2.24) is 5.32 Å². The Labute approximate surface area is 107 Å². The molecule has 0 heterocycles. The second-order valence-corrected chi connectivity index (χ2v) is 4.75. The van der Waals surface area contributed by atoms with Gasteiger partial charge in [0.25, 0.3) is 0 Å². The van der Waals surface area contributed by atoms with E-state index in [2.05, 4.69) is 19.2 Å². The van der Waals surface area contributed by atoms with E-state index in [1.807, 2.05) is 12.1 Å². The molecule has 0 saturated heterocycles. The molecule has 0 bridgehead atoms. The van der Waals surface area contributed by atoms with Gasteiger partial charge in [0, 0.05) is 5.02 Å². The van der Waals surface area contributed by atoms with Crippen LogP contribution in [0.15, 0.2) is 24.3 Å². The zero-order valence-corrected chi connectivity index (χ0v) is 11.1. The van der Waals surface area contributed by atoms with E-state index in [-0.39, 0.29) is 5.97 Å². The predicted octanol–water partition coefficient (Wildman–Crippen LogP) is 2.80. The maximum Gasteiger partial charge on any atom is 0.327 e. The monoisotopic (exact) mass is 255 g/mol. The second kappa shape index (κ2) is 6.62. The lowest BCUT2D eigenvalue weighted by atomic mass is 10.1. The highest BCUT2D eigenvalue weighted by molar-refractivity contribution is 6.30. The maximum absolute atomic E-state index is 11.7. The number of hydrogen-bond acceptors (Lipinski definition) is 3. The zero-order valence-electron chi connectivity index (χ0n) is 10.4. The van der Waals surface area contributed by atoms with Gasteiger partial charge in [0.2, 0.25) is 0 Å². The summed E-state index contributed by atoms with van der Waals surface area (Å²) in [6, 6.07) is 6.78. The average molecular weight is 256 g/mol. The molecule has 0 saturated carbocycles. The number of carbonyl (C=O) groups is 1. The van der Waals surface area contributed by atoms with Crippen LogP contribution in [0.3, 0.4) is 0 Å². The summed E-state index contributed by atoms with van der Waals surface area (Å²) in [6.45, 7) is 4.91. The van der Waals surface area contributed by atoms with Gasteiger partial charge in [0.1, 0.15) is 6.04 Å². The Balaban J connectivity index is 2.86. The molecule has 0 aromatic heterocycles. The highest BCUT2D eigenvalue weighted by Crippen LogP contribution is 2.19. The molecule has 1 aromatic carbocycles. The fourth-order valence-electron chi connectivity index (χ4n) is 1.49. The molecule has 1 N–H and O–H groups in total. The van der Waals surface area contributed by atoms with Crippen molar-refractivity contribution < 1.29 is 9.53 Å². The van der Waals surface area contributed by atoms with Crippen LogP contribution in [0.4, 0.5) is 0 Å². The van der Waals surface area contributed by atoms with Crippen LogP contribution in [-0.2, 0) is 9.53 Å². The van der Waals surface area contributed by atoms with Crippen molar-refractivity contribution in [1.29, 1.82) is 0 Å². The lowest BCUT2D eigenvalue weighted by molar-refractivity contribution is -0.143. The number of hydrogen-bond donors (Lipinski definition) is 1. The van der Waals surface area contributed by atoms with Gasteiger partial charge < -0.3 is 10.1 Å². The first-order chi connectivity index (χ1) is 8.04. The quantitative estimate of drug-likeness (QED) is 0.823. The van der Waals surface area contributed by atoms with E-state index in [0.29, 0.717) is 10.9 Å². The molecule has 1 aromatic rings. The van der Waals surface area contributed by atoms with Gasteiger partial charge >= 0.3 is 5.97 Å². The molecule has 0 fully saturated rings. The Hall–Kier alpha value is -1.06. The van der Waals surface area contributed by atoms with E-state index < -0.39 is 6.04 Å². The predicted molar refractivity (Wildman–Crippen MR) is 69.0 cm³/mol. The SMILES string of the molecule is COC(=O)C(NCC(C)C)c1cccc(Cl)c1. The summed E-state index contributed by atoms with van der Waals surface area (Å²) in [5.41, 5.74) is 0.824. The van der Waals surface area contributed by atoms with Crippen LogP contribution < -0.4 is 5.32 Å². The molecular weight excluding hydrogens is 238 g/mol. The van der Waals surface area contributed by atoms with Crippen LogP contribution in [-0.4, -0.2) is 19.6 Å². The lowest BCUT2D eigenvalue weighted by Gasteiger charge is -2.18. The maximum atomic E-state index is 11.7. The third-order valence-corrected chi connectivity index (χ3v) is 2.58. The highest BCUT2D eigenvalue weighted by Gasteiger charge is 2.21. The fraction of sp³-hybridized carbons (Fsp3) is 0.462. The van der Waals surface area contributed by atoms with Crippen molar-refractivity contribution >= 4 is 17.6 Å². The minimum absolute atomic E-state index is 0.298. The van der Waals surface area contributed by atoms with Crippen molar-refractivity contribution in [3.05, 3.63) is 34.9 Å². The summed E-state index contributed by atoms with van der Waals surface area (Å²) in [6.07, 6.45) is 0. The van der Waals surface area contributed by atoms with Gasteiger partial charge in [-0.2, -0.15) is 0 Å². The summed E-state index contributed by atoms with van der Waals surface area (Å²) in [7, 11) is 1.39. The van der Waals surface area contributed by atoms with Gasteiger partial charge in [-0.25, -0.2) is 4.79 Å². The molecule has 0 aliphatic heterocycles. The van der Waals surface area contributed by atoms with Gasteiger partial charge in [0.15, 0.2) is 0 Å². The molecule has 0 aliphatic rings. The Morgan fingerprint density at radius 1 is 1.47 bits per heavy atom. The summed E-state index contributed by atoms with van der Waals surface area (Å²) in [5, 5.41) is 3.79. The number of benzene rings is 1. The van der Waals surface area contributed by atoms with E-state index in [4.69, 9.17) is 16.3 Å². The summed E-state index contributed by atoms with van der Waals surface area (Å²) >= 11 is 5.92. The van der Waals surface area contributed by atoms with Crippen LogP contribution >= 0.6 is 11.6 Å². The number of carbonyl (C=O) groups excluding carboxylic acids is 1. The molecule has 3 nitrogen and oxygen atoms in total. The fourth-order valence-corrected chi connectivity index (χ4v) is 1.69. The molecule has 0 amide bonds. The third kappa shape index (κ3) is 4.36. The smallest absolute Gasteiger partial charge is 0.327 e. The van der Waals surface area contributed by atoms with E-state index in [1.54, 1.807) is 12.1 Å². The summed E-state index contributed by atoms with van der Waals surface area (Å²) < 4.78 is 4.79. The summed E-state index contributed by atoms with van der Waals surface area (Å²) in [5.74, 6) is 0.161. The Morgan fingerprint density at radius 3 is 2.71 bits per heavy atom. The topological polar surface area (TPSA) is 38.3 Å². The summed E-state index contributed by atoms with van der Waals surface area (Å²) in [4.78, 5) is 11.7. The minimum atomic E-state index is -0.457. The number of rotatable bonds is 5. The Bertz CT molecular complexity index is 379. The van der Waals surface area contributed by atoms with Crippen LogP contribution in [0.25, 0.3) is 0 Å². The second-order valence-electron chi connectivity index (χ2n) is 4.31. The van der Waals surface area contributed by atoms with Gasteiger partial charge in [-0.05, 0) is 30.2 Å². The Morgan fingerprint density at radius 2 is 2.18 bits per heavy atom. The van der Waals surface area contributed by atoms with Crippen molar-refractivity contribution in [3.8, 4) is 0 Å². The molecule has 1 rings (SSSR count). The number of ether oxygens (including phenoxy) is 1. The van der Waals surface area contributed by atoms with Gasteiger partial charge in [-0.3, -0.25) is 0 Å². The van der Waals surface area contributed by atoms with E-state index in [9.17, 15) is 4.79 Å². The number of esters is 1. The molecule has 4 heteroatoms. The normalized spacial score (nSPS) is 12.5. The van der Waals surface area contributed by atoms with Crippen LogP contribution in [0.2, 0.25) is 5.02 Å². The van der Waals surface area contributed by atoms with Crippen molar-refractivity contribution in [2.45, 2.75) is 19.9 Å². The molecule has 0 aliphatic carbocycles. The molecule has 1 atom stereocenters. The molecule has 17 heavy (non-hydrogen) atoms. The van der Waals surface area contributed by atoms with Gasteiger partial charge in [-0.15, -0.1) is 0 Å². The number of nitrogens with one attached hydrogen (secondary N) is 1. The standard InChI is InChI=1S/C13H18ClNO2/c1-9(2)8-15-12(13(16)17-3)10-5-4-6-11(14)7-10/h4-7,9,12,15H,8H2,1-3H3. The van der Waals surface area contributed by atoms with Gasteiger partial charge in [-0.1, -0.05) is 37.6 Å². The molecule has 0 spiro atoms. The molecule has 0 radical (unpaired) electrons. The molecule has 1 unspecified atom stereocenters. The van der Waals surface area contributed by atoms with Gasteiger partial charge in [0.05, 0.1) is 7.11 Å². The first kappa shape index (κ1) is 14.0. The van der Waals surface area contributed by atoms with Crippen LogP contribution in [0.1, 0.15) is 25.5 Å². The van der Waals surface area contributed by atoms with E-state index in [1.165, 1.54) is 7.11 Å². The number of methoxy groups -OCH3 is 1. The largest absolute Gasteiger partial charge is 0.468 e. The van der Waals surface area contributed by atoms with E-state index >= 15 is 0 Å². The molecular formula is C13H18ClNO2. The van der Waals surface area contributed by atoms with Crippen molar-refractivity contribution in [3.63, 3.8) is 0 Å². The zero-order chi connectivity index (χ0) is 12.8. The highest BCUT2D eigenvalue weighted by atomic mass is 35.5. The average Bonchev–Trinajstić information content (AvgIpc) is 2.28. The number of halogens is 1. The van der Waals surface area contributed by atoms with Crippen molar-refractivity contribution in [2.75, 3.05) is 13.7 Å². The molecule has 94 valence electrons. The van der Waals surface area contributed by atoms with E-state index in [0.717, 1.165) is 12.1 Å². The van der Waals surface area contributed by atoms with Crippen LogP contribution in [0, 0.1) is 5.92 Å². The first-order valence-electron chi connectivity index (χ1n) is 5.61. The minimum Gasteiger partial charge on any atom is -0.468 e. The first-order valence-corrected chi connectivity index (χ1v) is 5.99.